The summed E-state index contributed by atoms with van der Waals surface area (Å²) in [7, 11) is 0. The lowest BCUT2D eigenvalue weighted by Gasteiger charge is -2.19. The molecule has 0 aromatic carbocycles. The number of ether oxygens (including phenoxy) is 1. The van der Waals surface area contributed by atoms with Gasteiger partial charge in [0.1, 0.15) is 0 Å². The molecule has 0 fully saturated rings. The third kappa shape index (κ3) is 9.58. The summed E-state index contributed by atoms with van der Waals surface area (Å²) in [5.74, 6) is 0. The van der Waals surface area contributed by atoms with Crippen molar-refractivity contribution in [3.8, 4) is 0 Å². The van der Waals surface area contributed by atoms with Gasteiger partial charge in [-0.05, 0) is 27.2 Å². The Bertz CT molecular complexity index is 371. The van der Waals surface area contributed by atoms with Crippen LogP contribution in [0.5, 0.6) is 0 Å². The molecule has 21 heavy (non-hydrogen) atoms. The molecule has 0 aliphatic carbocycles. The van der Waals surface area contributed by atoms with Crippen LogP contribution in [0, 0.1) is 0 Å². The Balaban J connectivity index is 2.06. The quantitative estimate of drug-likeness (QED) is 0.637. The molecular formula is C16H32N4O. The second-order valence-corrected chi connectivity index (χ2v) is 6.60. The van der Waals surface area contributed by atoms with Crippen molar-refractivity contribution in [2.75, 3.05) is 13.2 Å². The fraction of sp³-hybridized carbons (Fsp3) is 0.875. The fourth-order valence-electron chi connectivity index (χ4n) is 1.95. The van der Waals surface area contributed by atoms with Crippen molar-refractivity contribution in [1.82, 2.24) is 20.3 Å². The van der Waals surface area contributed by atoms with Gasteiger partial charge in [0.15, 0.2) is 0 Å². The monoisotopic (exact) mass is 296 g/mol. The van der Waals surface area contributed by atoms with Gasteiger partial charge in [0.2, 0.25) is 0 Å². The Morgan fingerprint density at radius 3 is 2.62 bits per heavy atom. The SMILES string of the molecule is CCCCCCCOCCn1cc(CNC(C)(C)C)nn1. The average Bonchev–Trinajstić information content (AvgIpc) is 2.87. The zero-order valence-electron chi connectivity index (χ0n) is 14.2. The first kappa shape index (κ1) is 18.1. The van der Waals surface area contributed by atoms with Crippen molar-refractivity contribution in [2.24, 2.45) is 0 Å². The predicted molar refractivity (Wildman–Crippen MR) is 86.2 cm³/mol. The van der Waals surface area contributed by atoms with Crippen molar-refractivity contribution >= 4 is 0 Å². The Morgan fingerprint density at radius 1 is 1.14 bits per heavy atom. The lowest BCUT2D eigenvalue weighted by Crippen LogP contribution is -2.35. The molecule has 0 amide bonds. The molecule has 1 aromatic heterocycles. The molecule has 1 N–H and O–H groups in total. The van der Waals surface area contributed by atoms with Gasteiger partial charge in [-0.25, -0.2) is 4.68 Å². The van der Waals surface area contributed by atoms with Crippen LogP contribution in [0.2, 0.25) is 0 Å². The van der Waals surface area contributed by atoms with E-state index >= 15 is 0 Å². The van der Waals surface area contributed by atoms with Crippen molar-refractivity contribution in [3.05, 3.63) is 11.9 Å². The summed E-state index contributed by atoms with van der Waals surface area (Å²) in [5, 5.41) is 11.7. The molecule has 1 aromatic rings. The minimum atomic E-state index is 0.102. The maximum Gasteiger partial charge on any atom is 0.0965 e. The Labute approximate surface area is 129 Å². The van der Waals surface area contributed by atoms with Crippen LogP contribution >= 0.6 is 0 Å². The zero-order valence-corrected chi connectivity index (χ0v) is 14.2. The van der Waals surface area contributed by atoms with Gasteiger partial charge in [-0.15, -0.1) is 5.10 Å². The predicted octanol–water partition coefficient (Wildman–Crippen LogP) is 3.15. The van der Waals surface area contributed by atoms with Gasteiger partial charge in [-0.1, -0.05) is 37.8 Å². The molecule has 1 rings (SSSR count). The van der Waals surface area contributed by atoms with Gasteiger partial charge in [-0.3, -0.25) is 0 Å². The highest BCUT2D eigenvalue weighted by molar-refractivity contribution is 4.92. The molecule has 0 saturated heterocycles. The molecule has 0 unspecified atom stereocenters. The van der Waals surface area contributed by atoms with Crippen LogP contribution in [0.15, 0.2) is 6.20 Å². The van der Waals surface area contributed by atoms with Crippen molar-refractivity contribution in [2.45, 2.75) is 78.4 Å². The van der Waals surface area contributed by atoms with E-state index in [-0.39, 0.29) is 5.54 Å². The van der Waals surface area contributed by atoms with Crippen LogP contribution in [0.3, 0.4) is 0 Å². The van der Waals surface area contributed by atoms with Crippen LogP contribution in [-0.4, -0.2) is 33.7 Å². The van der Waals surface area contributed by atoms with Crippen LogP contribution in [0.25, 0.3) is 0 Å². The number of nitrogens with zero attached hydrogens (tertiary/aromatic N) is 3. The molecule has 5 nitrogen and oxygen atoms in total. The van der Waals surface area contributed by atoms with E-state index in [1.165, 1.54) is 25.7 Å². The fourth-order valence-corrected chi connectivity index (χ4v) is 1.95. The van der Waals surface area contributed by atoms with E-state index in [2.05, 4.69) is 43.3 Å². The Kier molecular flexibility index (Phi) is 8.54. The highest BCUT2D eigenvalue weighted by Crippen LogP contribution is 2.03. The summed E-state index contributed by atoms with van der Waals surface area (Å²) in [6.07, 6.45) is 8.39. The van der Waals surface area contributed by atoms with Crippen LogP contribution in [0.4, 0.5) is 0 Å². The lowest BCUT2D eigenvalue weighted by molar-refractivity contribution is 0.119. The molecule has 0 saturated carbocycles. The van der Waals surface area contributed by atoms with Crippen molar-refractivity contribution < 1.29 is 4.74 Å². The summed E-state index contributed by atoms with van der Waals surface area (Å²) in [4.78, 5) is 0. The highest BCUT2D eigenvalue weighted by Gasteiger charge is 2.09. The summed E-state index contributed by atoms with van der Waals surface area (Å²) in [6.45, 7) is 11.8. The van der Waals surface area contributed by atoms with Gasteiger partial charge in [0.25, 0.3) is 0 Å². The molecule has 122 valence electrons. The number of aromatic nitrogens is 3. The number of hydrogen-bond acceptors (Lipinski definition) is 4. The summed E-state index contributed by atoms with van der Waals surface area (Å²) in [6, 6.07) is 0. The van der Waals surface area contributed by atoms with Gasteiger partial charge in [0.05, 0.1) is 18.8 Å². The molecule has 0 spiro atoms. The molecule has 0 bridgehead atoms. The number of hydrogen-bond donors (Lipinski definition) is 1. The van der Waals surface area contributed by atoms with Gasteiger partial charge in [0, 0.05) is 24.9 Å². The van der Waals surface area contributed by atoms with E-state index in [0.717, 1.165) is 31.8 Å². The third-order valence-electron chi connectivity index (χ3n) is 3.24. The Hall–Kier alpha value is -0.940. The average molecular weight is 296 g/mol. The summed E-state index contributed by atoms with van der Waals surface area (Å²) >= 11 is 0. The van der Waals surface area contributed by atoms with E-state index in [9.17, 15) is 0 Å². The topological polar surface area (TPSA) is 52.0 Å². The number of nitrogens with one attached hydrogen (secondary N) is 1. The second-order valence-electron chi connectivity index (χ2n) is 6.60. The van der Waals surface area contributed by atoms with E-state index in [1.54, 1.807) is 0 Å². The lowest BCUT2D eigenvalue weighted by atomic mass is 10.1. The van der Waals surface area contributed by atoms with E-state index in [4.69, 9.17) is 4.74 Å². The number of rotatable bonds is 11. The maximum atomic E-state index is 5.64. The minimum absolute atomic E-state index is 0.102. The molecule has 1 heterocycles. The molecule has 0 radical (unpaired) electrons. The highest BCUT2D eigenvalue weighted by atomic mass is 16.5. The molecule has 5 heteroatoms. The smallest absolute Gasteiger partial charge is 0.0965 e. The van der Waals surface area contributed by atoms with E-state index in [1.807, 2.05) is 10.9 Å². The van der Waals surface area contributed by atoms with Gasteiger partial charge >= 0.3 is 0 Å². The van der Waals surface area contributed by atoms with Crippen molar-refractivity contribution in [3.63, 3.8) is 0 Å². The largest absolute Gasteiger partial charge is 0.380 e. The molecule has 0 atom stereocenters. The third-order valence-corrected chi connectivity index (χ3v) is 3.24. The zero-order chi connectivity index (χ0) is 15.6. The Morgan fingerprint density at radius 2 is 1.90 bits per heavy atom. The van der Waals surface area contributed by atoms with E-state index in [0.29, 0.717) is 6.61 Å². The first-order valence-electron chi connectivity index (χ1n) is 8.23. The van der Waals surface area contributed by atoms with Gasteiger partial charge in [-0.2, -0.15) is 0 Å². The first-order chi connectivity index (χ1) is 10.0. The first-order valence-corrected chi connectivity index (χ1v) is 8.23. The normalized spacial score (nSPS) is 12.0. The summed E-state index contributed by atoms with van der Waals surface area (Å²) < 4.78 is 7.49. The minimum Gasteiger partial charge on any atom is -0.380 e. The number of unbranched alkanes of at least 4 members (excludes halogenated alkanes) is 4. The van der Waals surface area contributed by atoms with Gasteiger partial charge < -0.3 is 10.1 Å². The molecular weight excluding hydrogens is 264 g/mol. The van der Waals surface area contributed by atoms with Crippen molar-refractivity contribution in [1.29, 1.82) is 0 Å². The van der Waals surface area contributed by atoms with Crippen LogP contribution in [0.1, 0.15) is 65.5 Å². The maximum absolute atomic E-state index is 5.64. The second kappa shape index (κ2) is 9.90. The standard InChI is InChI=1S/C16H32N4O/c1-5-6-7-8-9-11-21-12-10-20-14-15(18-19-20)13-17-16(2,3)4/h14,17H,5-13H2,1-4H3. The van der Waals surface area contributed by atoms with Crippen LogP contribution < -0.4 is 5.32 Å². The van der Waals surface area contributed by atoms with E-state index < -0.39 is 0 Å². The molecule has 0 aliphatic heterocycles. The summed E-state index contributed by atoms with van der Waals surface area (Å²) in [5.41, 5.74) is 1.08. The molecule has 0 aliphatic rings. The van der Waals surface area contributed by atoms with Crippen LogP contribution in [-0.2, 0) is 17.8 Å².